The van der Waals surface area contributed by atoms with Crippen molar-refractivity contribution in [2.24, 2.45) is 0 Å². The van der Waals surface area contributed by atoms with E-state index in [9.17, 15) is 0 Å². The highest BCUT2D eigenvalue weighted by Crippen LogP contribution is 2.08. The van der Waals surface area contributed by atoms with E-state index in [1.54, 1.807) is 0 Å². The lowest BCUT2D eigenvalue weighted by atomic mass is 10.3. The van der Waals surface area contributed by atoms with Crippen LogP contribution >= 0.6 is 0 Å². The van der Waals surface area contributed by atoms with Crippen molar-refractivity contribution in [1.29, 1.82) is 0 Å². The van der Waals surface area contributed by atoms with Crippen LogP contribution in [0, 0.1) is 0 Å². The van der Waals surface area contributed by atoms with E-state index in [2.05, 4.69) is 0 Å². The summed E-state index contributed by atoms with van der Waals surface area (Å²) >= 11 is 0. The zero-order valence-electron chi connectivity index (χ0n) is 7.64. The maximum absolute atomic E-state index is 9.16. The van der Waals surface area contributed by atoms with Crippen LogP contribution in [0.4, 0.5) is 0 Å². The number of aliphatic hydroxyl groups is 1. The van der Waals surface area contributed by atoms with E-state index < -0.39 is 6.29 Å². The summed E-state index contributed by atoms with van der Waals surface area (Å²) in [7, 11) is 0. The lowest BCUT2D eigenvalue weighted by molar-refractivity contribution is -0.115. The second-order valence-corrected chi connectivity index (χ2v) is 2.53. The van der Waals surface area contributed by atoms with Gasteiger partial charge in [-0.05, 0) is 19.1 Å². The maximum atomic E-state index is 9.16. The monoisotopic (exact) mass is 182 g/mol. The molecule has 1 rings (SSSR count). The van der Waals surface area contributed by atoms with Gasteiger partial charge in [-0.1, -0.05) is 18.2 Å². The third-order valence-electron chi connectivity index (χ3n) is 1.49. The van der Waals surface area contributed by atoms with Crippen LogP contribution in [0.1, 0.15) is 6.92 Å². The molecule has 1 atom stereocenters. The summed E-state index contributed by atoms with van der Waals surface area (Å²) in [5, 5.41) is 9.16. The molecule has 0 aromatic heterocycles. The molecule has 72 valence electrons. The zero-order chi connectivity index (χ0) is 9.52. The first kappa shape index (κ1) is 10.0. The molecule has 0 saturated heterocycles. The Balaban J connectivity index is 2.27. The van der Waals surface area contributed by atoms with Gasteiger partial charge in [0.25, 0.3) is 0 Å². The van der Waals surface area contributed by atoms with Crippen molar-refractivity contribution in [3.63, 3.8) is 0 Å². The van der Waals surface area contributed by atoms with Crippen molar-refractivity contribution in [3.8, 4) is 5.75 Å². The van der Waals surface area contributed by atoms with Gasteiger partial charge in [0, 0.05) is 6.61 Å². The average Bonchev–Trinajstić information content (AvgIpc) is 2.17. The summed E-state index contributed by atoms with van der Waals surface area (Å²) in [6, 6.07) is 9.33. The van der Waals surface area contributed by atoms with Crippen molar-refractivity contribution in [2.45, 2.75) is 13.2 Å². The van der Waals surface area contributed by atoms with E-state index in [0.29, 0.717) is 6.61 Å². The number of hydrogen-bond acceptors (Lipinski definition) is 3. The van der Waals surface area contributed by atoms with Crippen LogP contribution in [-0.4, -0.2) is 24.6 Å². The summed E-state index contributed by atoms with van der Waals surface area (Å²) < 4.78 is 10.1. The molecule has 13 heavy (non-hydrogen) atoms. The van der Waals surface area contributed by atoms with E-state index >= 15 is 0 Å². The molecule has 0 saturated carbocycles. The van der Waals surface area contributed by atoms with Crippen molar-refractivity contribution >= 4 is 0 Å². The predicted octanol–water partition coefficient (Wildman–Crippen LogP) is 1.42. The minimum absolute atomic E-state index is 0.165. The average molecular weight is 182 g/mol. The predicted molar refractivity (Wildman–Crippen MR) is 49.6 cm³/mol. The van der Waals surface area contributed by atoms with Crippen LogP contribution in [0.15, 0.2) is 30.3 Å². The normalized spacial score (nSPS) is 12.5. The minimum Gasteiger partial charge on any atom is -0.488 e. The Morgan fingerprint density at radius 2 is 2.00 bits per heavy atom. The molecule has 3 heteroatoms. The lowest BCUT2D eigenvalue weighted by Crippen LogP contribution is -2.20. The Bertz CT molecular complexity index is 223. The largest absolute Gasteiger partial charge is 0.488 e. The molecule has 0 amide bonds. The van der Waals surface area contributed by atoms with Gasteiger partial charge in [-0.3, -0.25) is 0 Å². The van der Waals surface area contributed by atoms with Crippen LogP contribution in [0.25, 0.3) is 0 Å². The van der Waals surface area contributed by atoms with Crippen LogP contribution in [-0.2, 0) is 4.74 Å². The fourth-order valence-corrected chi connectivity index (χ4v) is 0.925. The number of hydrogen-bond donors (Lipinski definition) is 1. The van der Waals surface area contributed by atoms with Crippen molar-refractivity contribution in [2.75, 3.05) is 13.2 Å². The van der Waals surface area contributed by atoms with Crippen molar-refractivity contribution in [1.82, 2.24) is 0 Å². The number of benzene rings is 1. The van der Waals surface area contributed by atoms with Crippen LogP contribution in [0.2, 0.25) is 0 Å². The highest BCUT2D eigenvalue weighted by atomic mass is 16.6. The van der Waals surface area contributed by atoms with Crippen LogP contribution in [0.5, 0.6) is 5.75 Å². The van der Waals surface area contributed by atoms with Gasteiger partial charge < -0.3 is 14.6 Å². The van der Waals surface area contributed by atoms with E-state index in [1.165, 1.54) is 0 Å². The summed E-state index contributed by atoms with van der Waals surface area (Å²) in [5.41, 5.74) is 0. The Morgan fingerprint density at radius 3 is 2.62 bits per heavy atom. The molecule has 0 fully saturated rings. The quantitative estimate of drug-likeness (QED) is 0.700. The van der Waals surface area contributed by atoms with Gasteiger partial charge in [0.1, 0.15) is 12.4 Å². The van der Waals surface area contributed by atoms with Gasteiger partial charge in [-0.2, -0.15) is 0 Å². The molecule has 0 radical (unpaired) electrons. The Kier molecular flexibility index (Phi) is 4.29. The van der Waals surface area contributed by atoms with E-state index in [1.807, 2.05) is 37.3 Å². The van der Waals surface area contributed by atoms with E-state index in [0.717, 1.165) is 5.75 Å². The number of para-hydroxylation sites is 1. The first-order chi connectivity index (χ1) is 6.33. The second kappa shape index (κ2) is 5.56. The van der Waals surface area contributed by atoms with E-state index in [4.69, 9.17) is 14.6 Å². The zero-order valence-corrected chi connectivity index (χ0v) is 7.64. The van der Waals surface area contributed by atoms with Gasteiger partial charge in [0.2, 0.25) is 0 Å². The van der Waals surface area contributed by atoms with Crippen LogP contribution in [0.3, 0.4) is 0 Å². The number of rotatable bonds is 5. The second-order valence-electron chi connectivity index (χ2n) is 2.53. The molecule has 1 unspecified atom stereocenters. The fourth-order valence-electron chi connectivity index (χ4n) is 0.925. The molecule has 0 heterocycles. The Morgan fingerprint density at radius 1 is 1.31 bits per heavy atom. The molecule has 3 nitrogen and oxygen atoms in total. The van der Waals surface area contributed by atoms with E-state index in [-0.39, 0.29) is 6.61 Å². The molecule has 1 N–H and O–H groups in total. The highest BCUT2D eigenvalue weighted by molar-refractivity contribution is 5.20. The molecule has 0 aliphatic heterocycles. The summed E-state index contributed by atoms with van der Waals surface area (Å²) in [4.78, 5) is 0. The molecule has 0 bridgehead atoms. The number of aliphatic hydroxyl groups excluding tert-OH is 1. The molecule has 0 aliphatic rings. The minimum atomic E-state index is -0.842. The summed E-state index contributed by atoms with van der Waals surface area (Å²) in [6.45, 7) is 2.48. The standard InChI is InChI=1S/C10H14O3/c1-2-12-10(11)8-13-9-6-4-3-5-7-9/h3-7,10-11H,2,8H2,1H3. The Hall–Kier alpha value is -1.06. The van der Waals surface area contributed by atoms with Gasteiger partial charge in [0.05, 0.1) is 0 Å². The third kappa shape index (κ3) is 3.92. The molecule has 1 aromatic carbocycles. The van der Waals surface area contributed by atoms with Gasteiger partial charge >= 0.3 is 0 Å². The van der Waals surface area contributed by atoms with Crippen LogP contribution < -0.4 is 4.74 Å². The SMILES string of the molecule is CCOC(O)COc1ccccc1. The van der Waals surface area contributed by atoms with Crippen molar-refractivity contribution in [3.05, 3.63) is 30.3 Å². The highest BCUT2D eigenvalue weighted by Gasteiger charge is 2.02. The summed E-state index contributed by atoms with van der Waals surface area (Å²) in [6.07, 6.45) is -0.842. The first-order valence-electron chi connectivity index (χ1n) is 4.30. The van der Waals surface area contributed by atoms with Gasteiger partial charge in [-0.25, -0.2) is 0 Å². The van der Waals surface area contributed by atoms with Gasteiger partial charge in [-0.15, -0.1) is 0 Å². The third-order valence-corrected chi connectivity index (χ3v) is 1.49. The Labute approximate surface area is 77.9 Å². The first-order valence-corrected chi connectivity index (χ1v) is 4.30. The van der Waals surface area contributed by atoms with Gasteiger partial charge in [0.15, 0.2) is 6.29 Å². The fraction of sp³-hybridized carbons (Fsp3) is 0.400. The molecular formula is C10H14O3. The van der Waals surface area contributed by atoms with Crippen molar-refractivity contribution < 1.29 is 14.6 Å². The number of ether oxygens (including phenoxy) is 2. The smallest absolute Gasteiger partial charge is 0.189 e. The lowest BCUT2D eigenvalue weighted by Gasteiger charge is -2.11. The molecule has 1 aromatic rings. The molecule has 0 aliphatic carbocycles. The topological polar surface area (TPSA) is 38.7 Å². The molecule has 0 spiro atoms. The molecular weight excluding hydrogens is 168 g/mol. The summed E-state index contributed by atoms with van der Waals surface area (Å²) in [5.74, 6) is 0.737. The maximum Gasteiger partial charge on any atom is 0.189 e.